The fraction of sp³-hybridized carbons (Fsp3) is 0.333. The van der Waals surface area contributed by atoms with Crippen LogP contribution in [-0.4, -0.2) is 108 Å². The third kappa shape index (κ3) is 9.35. The molecular weight excluding hydrogens is 655 g/mol. The van der Waals surface area contributed by atoms with Crippen LogP contribution in [0.15, 0.2) is 69.3 Å². The average Bonchev–Trinajstić information content (AvgIpc) is 3.02. The van der Waals surface area contributed by atoms with Crippen LogP contribution in [0.1, 0.15) is 16.7 Å². The first-order valence-electron chi connectivity index (χ1n) is 13.5. The normalized spacial score (nSPS) is 16.6. The van der Waals surface area contributed by atoms with E-state index in [0.29, 0.717) is 39.3 Å². The largest absolute Gasteiger partial charge is 0.508 e. The van der Waals surface area contributed by atoms with Crippen molar-refractivity contribution >= 4 is 30.4 Å². The summed E-state index contributed by atoms with van der Waals surface area (Å²) in [6, 6.07) is 10.1. The van der Waals surface area contributed by atoms with Crippen LogP contribution in [0.5, 0.6) is 17.2 Å². The summed E-state index contributed by atoms with van der Waals surface area (Å²) < 4.78 is 98.6. The lowest BCUT2D eigenvalue weighted by molar-refractivity contribution is 0.206. The summed E-state index contributed by atoms with van der Waals surface area (Å²) in [5.41, 5.74) is 0.665. The molecule has 1 aliphatic heterocycles. The highest BCUT2D eigenvalue weighted by Crippen LogP contribution is 2.26. The number of phenolic OH excluding ortho intramolecular Hbond substituents is 3. The van der Waals surface area contributed by atoms with Gasteiger partial charge < -0.3 is 15.3 Å². The van der Waals surface area contributed by atoms with E-state index in [9.17, 15) is 54.2 Å². The Morgan fingerprint density at radius 1 is 0.444 bits per heavy atom. The topological polar surface area (TPSA) is 234 Å². The lowest BCUT2D eigenvalue weighted by Gasteiger charge is -2.26. The van der Waals surface area contributed by atoms with E-state index in [4.69, 9.17) is 0 Å². The predicted molar refractivity (Wildman–Crippen MR) is 160 cm³/mol. The second-order valence-corrected chi connectivity index (χ2v) is 14.9. The molecule has 6 N–H and O–H groups in total. The smallest absolute Gasteiger partial charge is 0.294 e. The molecule has 18 heteroatoms. The molecule has 1 fully saturated rings. The Balaban J connectivity index is 1.64. The summed E-state index contributed by atoms with van der Waals surface area (Å²) in [5.74, 6) is -0.598. The quantitative estimate of drug-likeness (QED) is 0.174. The molecule has 1 saturated heterocycles. The maximum Gasteiger partial charge on any atom is 0.294 e. The van der Waals surface area contributed by atoms with Crippen molar-refractivity contribution in [2.45, 2.75) is 34.3 Å². The minimum absolute atomic E-state index is 0.0594. The summed E-state index contributed by atoms with van der Waals surface area (Å²) >= 11 is 0. The van der Waals surface area contributed by atoms with Crippen LogP contribution < -0.4 is 0 Å². The van der Waals surface area contributed by atoms with Gasteiger partial charge in [0.2, 0.25) is 0 Å². The molecule has 0 saturated carbocycles. The minimum Gasteiger partial charge on any atom is -0.508 e. The lowest BCUT2D eigenvalue weighted by atomic mass is 10.1. The van der Waals surface area contributed by atoms with E-state index in [1.165, 1.54) is 0 Å². The molecule has 3 aromatic rings. The highest BCUT2D eigenvalue weighted by Gasteiger charge is 2.22. The standard InChI is InChI=1S/C27H33N3O12S3/c31-25-4-1-22(43(34,35)36)13-19(25)16-28-7-9-29(17-20-14-23(44(37,38)39)2-5-26(20)32)11-12-30(10-8-28)18-21-15-24(45(40,41)42)3-6-27(21)33/h1-6,13-15,31-33H,7-12,16-18H2,(H,34,35,36)(H,37,38,39)(H,40,41,42). The fourth-order valence-corrected chi connectivity index (χ4v) is 6.52. The molecule has 0 bridgehead atoms. The Hall–Kier alpha value is -3.33. The maximum absolute atomic E-state index is 11.7. The molecule has 0 spiro atoms. The van der Waals surface area contributed by atoms with Gasteiger partial charge in [0, 0.05) is 75.6 Å². The van der Waals surface area contributed by atoms with Crippen molar-refractivity contribution in [2.24, 2.45) is 0 Å². The molecule has 0 amide bonds. The summed E-state index contributed by atoms with van der Waals surface area (Å²) in [6.45, 7) is 2.29. The van der Waals surface area contributed by atoms with Gasteiger partial charge in [-0.1, -0.05) is 0 Å². The molecule has 4 rings (SSSR count). The summed E-state index contributed by atoms with van der Waals surface area (Å²) in [6.07, 6.45) is 0. The number of hydrogen-bond acceptors (Lipinski definition) is 12. The summed E-state index contributed by atoms with van der Waals surface area (Å²) in [5, 5.41) is 31.3. The van der Waals surface area contributed by atoms with E-state index >= 15 is 0 Å². The van der Waals surface area contributed by atoms with Gasteiger partial charge in [-0.2, -0.15) is 25.3 Å². The van der Waals surface area contributed by atoms with Crippen LogP contribution in [0.3, 0.4) is 0 Å². The molecule has 0 aromatic heterocycles. The molecule has 15 nitrogen and oxygen atoms in total. The number of phenols is 3. The van der Waals surface area contributed by atoms with E-state index in [1.807, 2.05) is 14.7 Å². The average molecular weight is 688 g/mol. The first kappa shape index (κ1) is 34.5. The molecule has 246 valence electrons. The van der Waals surface area contributed by atoms with E-state index in [-0.39, 0.29) is 53.6 Å². The summed E-state index contributed by atoms with van der Waals surface area (Å²) in [4.78, 5) is 4.47. The monoisotopic (exact) mass is 687 g/mol. The Kier molecular flexibility index (Phi) is 10.4. The molecular formula is C27H33N3O12S3. The highest BCUT2D eigenvalue weighted by atomic mass is 32.2. The van der Waals surface area contributed by atoms with E-state index < -0.39 is 45.0 Å². The van der Waals surface area contributed by atoms with Gasteiger partial charge in [0.1, 0.15) is 17.2 Å². The zero-order valence-corrected chi connectivity index (χ0v) is 26.2. The van der Waals surface area contributed by atoms with Crippen molar-refractivity contribution in [2.75, 3.05) is 39.3 Å². The molecule has 3 aromatic carbocycles. The van der Waals surface area contributed by atoms with Crippen molar-refractivity contribution in [3.63, 3.8) is 0 Å². The molecule has 45 heavy (non-hydrogen) atoms. The van der Waals surface area contributed by atoms with Crippen LogP contribution >= 0.6 is 0 Å². The van der Waals surface area contributed by atoms with Crippen LogP contribution in [0.25, 0.3) is 0 Å². The van der Waals surface area contributed by atoms with Gasteiger partial charge in [0.15, 0.2) is 0 Å². The predicted octanol–water partition coefficient (Wildman–Crippen LogP) is 1.36. The Labute approximate surface area is 260 Å². The fourth-order valence-electron chi connectivity index (χ4n) is 4.93. The van der Waals surface area contributed by atoms with Crippen molar-refractivity contribution in [1.82, 2.24) is 14.7 Å². The van der Waals surface area contributed by atoms with E-state index in [0.717, 1.165) is 54.6 Å². The Morgan fingerprint density at radius 2 is 0.667 bits per heavy atom. The number of benzene rings is 3. The van der Waals surface area contributed by atoms with Gasteiger partial charge in [-0.25, -0.2) is 0 Å². The lowest BCUT2D eigenvalue weighted by Crippen LogP contribution is -2.35. The summed E-state index contributed by atoms with van der Waals surface area (Å²) in [7, 11) is -13.6. The van der Waals surface area contributed by atoms with Crippen LogP contribution in [0.2, 0.25) is 0 Å². The molecule has 1 heterocycles. The molecule has 0 aliphatic carbocycles. The first-order chi connectivity index (χ1) is 20.9. The zero-order valence-electron chi connectivity index (χ0n) is 23.8. The number of rotatable bonds is 9. The number of nitrogens with zero attached hydrogens (tertiary/aromatic N) is 3. The van der Waals surface area contributed by atoms with Crippen LogP contribution in [-0.2, 0) is 50.0 Å². The molecule has 0 radical (unpaired) electrons. The number of aromatic hydroxyl groups is 3. The minimum atomic E-state index is -4.54. The van der Waals surface area contributed by atoms with Gasteiger partial charge in [-0.3, -0.25) is 28.4 Å². The van der Waals surface area contributed by atoms with Gasteiger partial charge >= 0.3 is 0 Å². The van der Waals surface area contributed by atoms with Crippen molar-refractivity contribution in [1.29, 1.82) is 0 Å². The second kappa shape index (κ2) is 13.6. The SMILES string of the molecule is O=S(=O)(O)c1ccc(O)c(CN2CCN(Cc3cc(S(=O)(=O)O)ccc3O)CCN(Cc3cc(S(=O)(=O)O)ccc3O)CC2)c1. The van der Waals surface area contributed by atoms with Gasteiger partial charge in [0.05, 0.1) is 14.7 Å². The van der Waals surface area contributed by atoms with Gasteiger partial charge in [-0.15, -0.1) is 0 Å². The number of hydrogen-bond donors (Lipinski definition) is 6. The third-order valence-corrected chi connectivity index (χ3v) is 9.97. The highest BCUT2D eigenvalue weighted by molar-refractivity contribution is 7.86. The first-order valence-corrected chi connectivity index (χ1v) is 17.8. The van der Waals surface area contributed by atoms with Gasteiger partial charge in [0.25, 0.3) is 30.4 Å². The third-order valence-electron chi connectivity index (χ3n) is 7.43. The molecule has 0 atom stereocenters. The zero-order chi connectivity index (χ0) is 33.2. The maximum atomic E-state index is 11.7. The second-order valence-electron chi connectivity index (χ2n) is 10.6. The van der Waals surface area contributed by atoms with Crippen molar-refractivity contribution in [3.8, 4) is 17.2 Å². The molecule has 0 unspecified atom stereocenters. The van der Waals surface area contributed by atoms with Crippen LogP contribution in [0, 0.1) is 0 Å². The van der Waals surface area contributed by atoms with Crippen molar-refractivity contribution in [3.05, 3.63) is 71.3 Å². The van der Waals surface area contributed by atoms with E-state index in [2.05, 4.69) is 0 Å². The Bertz CT molecular complexity index is 1650. The van der Waals surface area contributed by atoms with Crippen LogP contribution in [0.4, 0.5) is 0 Å². The molecule has 1 aliphatic rings. The van der Waals surface area contributed by atoms with Crippen molar-refractivity contribution < 1.29 is 54.2 Å². The van der Waals surface area contributed by atoms with Gasteiger partial charge in [-0.05, 0) is 54.6 Å². The van der Waals surface area contributed by atoms with E-state index in [1.54, 1.807) is 0 Å². The Morgan fingerprint density at radius 3 is 0.867 bits per heavy atom.